The van der Waals surface area contributed by atoms with Crippen LogP contribution in [0.1, 0.15) is 11.3 Å². The lowest BCUT2D eigenvalue weighted by Crippen LogP contribution is -2.48. The van der Waals surface area contributed by atoms with Gasteiger partial charge in [-0.2, -0.15) is 4.31 Å². The predicted octanol–water partition coefficient (Wildman–Crippen LogP) is 4.69. The molecule has 30 heavy (non-hydrogen) atoms. The summed E-state index contributed by atoms with van der Waals surface area (Å²) in [7, 11) is -3.72. The van der Waals surface area contributed by atoms with E-state index in [0.717, 1.165) is 28.5 Å². The molecule has 0 N–H and O–H groups in total. The zero-order valence-electron chi connectivity index (χ0n) is 15.8. The molecule has 5 nitrogen and oxygen atoms in total. The zero-order chi connectivity index (χ0) is 21.3. The number of anilines is 1. The Morgan fingerprint density at radius 2 is 1.73 bits per heavy atom. The van der Waals surface area contributed by atoms with Crippen molar-refractivity contribution < 1.29 is 12.8 Å². The topological polar surface area (TPSA) is 53.5 Å². The van der Waals surface area contributed by atoms with Gasteiger partial charge in [-0.25, -0.2) is 17.8 Å². The van der Waals surface area contributed by atoms with Gasteiger partial charge in [-0.05, 0) is 35.9 Å². The molecule has 3 aromatic rings. The average molecular weight is 486 g/mol. The molecule has 1 fully saturated rings. The maximum absolute atomic E-state index is 13.4. The molecule has 0 amide bonds. The monoisotopic (exact) mass is 485 g/mol. The maximum Gasteiger partial charge on any atom is 0.243 e. The molecule has 0 aliphatic carbocycles. The number of rotatable bonds is 5. The summed E-state index contributed by atoms with van der Waals surface area (Å²) in [4.78, 5) is 6.79. The zero-order valence-corrected chi connectivity index (χ0v) is 18.9. The highest BCUT2D eigenvalue weighted by atomic mass is 35.5. The SMILES string of the molecule is O=S(=O)(c1ccc(F)c(Cl)c1)N1CCN(c2nc(Cc3ccc(Cl)cc3)cs2)CC1. The van der Waals surface area contributed by atoms with Crippen LogP contribution in [-0.4, -0.2) is 43.9 Å². The lowest BCUT2D eigenvalue weighted by Gasteiger charge is -2.33. The number of piperazine rings is 1. The van der Waals surface area contributed by atoms with Gasteiger partial charge >= 0.3 is 0 Å². The smallest absolute Gasteiger partial charge is 0.243 e. The van der Waals surface area contributed by atoms with Crippen LogP contribution in [0, 0.1) is 5.82 Å². The first-order valence-corrected chi connectivity index (χ1v) is 12.3. The third-order valence-electron chi connectivity index (χ3n) is 4.88. The molecule has 1 aromatic heterocycles. The second-order valence-corrected chi connectivity index (χ2v) is 10.5. The van der Waals surface area contributed by atoms with E-state index in [1.54, 1.807) is 11.3 Å². The Labute approximate surface area is 188 Å². The van der Waals surface area contributed by atoms with Crippen LogP contribution in [0.25, 0.3) is 0 Å². The van der Waals surface area contributed by atoms with Crippen molar-refractivity contribution >= 4 is 49.7 Å². The molecule has 0 unspecified atom stereocenters. The fraction of sp³-hybridized carbons (Fsp3) is 0.250. The summed E-state index contributed by atoms with van der Waals surface area (Å²) < 4.78 is 40.4. The summed E-state index contributed by atoms with van der Waals surface area (Å²) in [5.74, 6) is -0.640. The minimum absolute atomic E-state index is 0.00171. The van der Waals surface area contributed by atoms with E-state index in [2.05, 4.69) is 4.90 Å². The quantitative estimate of drug-likeness (QED) is 0.525. The van der Waals surface area contributed by atoms with E-state index in [-0.39, 0.29) is 9.92 Å². The van der Waals surface area contributed by atoms with Crippen molar-refractivity contribution in [1.29, 1.82) is 0 Å². The molecule has 4 rings (SSSR count). The number of thiazole rings is 1. The van der Waals surface area contributed by atoms with Gasteiger partial charge in [0, 0.05) is 43.0 Å². The largest absolute Gasteiger partial charge is 0.345 e. The van der Waals surface area contributed by atoms with Gasteiger partial charge in [0.1, 0.15) is 5.82 Å². The van der Waals surface area contributed by atoms with Crippen molar-refractivity contribution in [3.8, 4) is 0 Å². The number of halogens is 3. The Morgan fingerprint density at radius 1 is 1.03 bits per heavy atom. The molecule has 1 aliphatic heterocycles. The molecule has 10 heteroatoms. The van der Waals surface area contributed by atoms with Crippen molar-refractivity contribution in [2.75, 3.05) is 31.1 Å². The first kappa shape index (κ1) is 21.5. The Kier molecular flexibility index (Phi) is 6.31. The molecule has 1 aliphatic rings. The second-order valence-electron chi connectivity index (χ2n) is 6.89. The molecule has 0 bridgehead atoms. The van der Waals surface area contributed by atoms with Crippen molar-refractivity contribution in [1.82, 2.24) is 9.29 Å². The van der Waals surface area contributed by atoms with E-state index in [4.69, 9.17) is 28.2 Å². The molecular weight excluding hydrogens is 468 g/mol. The van der Waals surface area contributed by atoms with Gasteiger partial charge in [-0.15, -0.1) is 11.3 Å². The highest BCUT2D eigenvalue weighted by Gasteiger charge is 2.29. The molecule has 158 valence electrons. The second kappa shape index (κ2) is 8.80. The van der Waals surface area contributed by atoms with E-state index in [0.29, 0.717) is 37.6 Å². The first-order chi connectivity index (χ1) is 14.3. The highest BCUT2D eigenvalue weighted by molar-refractivity contribution is 7.89. The summed E-state index contributed by atoms with van der Waals surface area (Å²) in [5.41, 5.74) is 2.10. The lowest BCUT2D eigenvalue weighted by atomic mass is 10.1. The van der Waals surface area contributed by atoms with Crippen molar-refractivity contribution in [3.05, 3.63) is 75.0 Å². The molecule has 2 heterocycles. The molecule has 0 saturated carbocycles. The van der Waals surface area contributed by atoms with Crippen LogP contribution in [0.15, 0.2) is 52.7 Å². The number of aromatic nitrogens is 1. The van der Waals surface area contributed by atoms with E-state index < -0.39 is 15.8 Å². The first-order valence-electron chi connectivity index (χ1n) is 9.22. The van der Waals surface area contributed by atoms with Crippen molar-refractivity contribution in [2.24, 2.45) is 0 Å². The van der Waals surface area contributed by atoms with Crippen LogP contribution < -0.4 is 4.90 Å². The van der Waals surface area contributed by atoms with Crippen LogP contribution in [0.5, 0.6) is 0 Å². The van der Waals surface area contributed by atoms with Crippen LogP contribution in [0.2, 0.25) is 10.0 Å². The summed E-state index contributed by atoms with van der Waals surface area (Å²) >= 11 is 13.2. The van der Waals surface area contributed by atoms with Crippen LogP contribution >= 0.6 is 34.5 Å². The Balaban J connectivity index is 1.40. The number of nitrogens with zero attached hydrogens (tertiary/aromatic N) is 3. The van der Waals surface area contributed by atoms with Gasteiger partial charge in [-0.3, -0.25) is 0 Å². The minimum Gasteiger partial charge on any atom is -0.345 e. The van der Waals surface area contributed by atoms with Crippen molar-refractivity contribution in [3.63, 3.8) is 0 Å². The molecule has 0 atom stereocenters. The highest BCUT2D eigenvalue weighted by Crippen LogP contribution is 2.27. The van der Waals surface area contributed by atoms with Gasteiger partial charge < -0.3 is 4.90 Å². The average Bonchev–Trinajstić information content (AvgIpc) is 3.20. The number of hydrogen-bond donors (Lipinski definition) is 0. The summed E-state index contributed by atoms with van der Waals surface area (Å²) in [6, 6.07) is 11.1. The molecule has 0 spiro atoms. The van der Waals surface area contributed by atoms with E-state index >= 15 is 0 Å². The minimum atomic E-state index is -3.72. The van der Waals surface area contributed by atoms with Gasteiger partial charge in [0.25, 0.3) is 0 Å². The van der Waals surface area contributed by atoms with Gasteiger partial charge in [0.05, 0.1) is 15.6 Å². The van der Waals surface area contributed by atoms with Crippen molar-refractivity contribution in [2.45, 2.75) is 11.3 Å². The van der Waals surface area contributed by atoms with Crippen LogP contribution in [0.4, 0.5) is 9.52 Å². The van der Waals surface area contributed by atoms with Gasteiger partial charge in [0.15, 0.2) is 5.13 Å². The van der Waals surface area contributed by atoms with Gasteiger partial charge in [0.2, 0.25) is 10.0 Å². The molecule has 0 radical (unpaired) electrons. The van der Waals surface area contributed by atoms with E-state index in [9.17, 15) is 12.8 Å². The third kappa shape index (κ3) is 4.63. The number of sulfonamides is 1. The standard InChI is InChI=1S/C20H18Cl2FN3O2S2/c21-15-3-1-14(2-4-15)11-16-13-29-20(24-16)25-7-9-26(10-8-25)30(27,28)17-5-6-19(23)18(22)12-17/h1-6,12-13H,7-11H2. The lowest BCUT2D eigenvalue weighted by molar-refractivity contribution is 0.384. The Morgan fingerprint density at radius 3 is 2.40 bits per heavy atom. The van der Waals surface area contributed by atoms with E-state index in [1.165, 1.54) is 10.4 Å². The normalized spacial score (nSPS) is 15.5. The fourth-order valence-corrected chi connectivity index (χ4v) is 5.94. The summed E-state index contributed by atoms with van der Waals surface area (Å²) in [6.07, 6.45) is 0.716. The Bertz CT molecular complexity index is 1150. The maximum atomic E-state index is 13.4. The van der Waals surface area contributed by atoms with Crippen LogP contribution in [0.3, 0.4) is 0 Å². The number of benzene rings is 2. The van der Waals surface area contributed by atoms with Gasteiger partial charge in [-0.1, -0.05) is 35.3 Å². The number of hydrogen-bond acceptors (Lipinski definition) is 5. The molecule has 2 aromatic carbocycles. The summed E-state index contributed by atoms with van der Waals surface area (Å²) in [5, 5.41) is 3.40. The molecule has 1 saturated heterocycles. The molecular formula is C20H18Cl2FN3O2S2. The predicted molar refractivity (Wildman–Crippen MR) is 119 cm³/mol. The Hall–Kier alpha value is -1.71. The summed E-state index contributed by atoms with van der Waals surface area (Å²) in [6.45, 7) is 1.71. The third-order valence-corrected chi connectivity index (χ3v) is 8.26. The van der Waals surface area contributed by atoms with E-state index in [1.807, 2.05) is 29.6 Å². The van der Waals surface area contributed by atoms with Crippen LogP contribution in [-0.2, 0) is 16.4 Å². The fourth-order valence-electron chi connectivity index (χ4n) is 3.24.